The number of carbonyl (C=O) groups excluding carboxylic acids is 1. The summed E-state index contributed by atoms with van der Waals surface area (Å²) in [5, 5.41) is 6.74. The van der Waals surface area contributed by atoms with E-state index >= 15 is 0 Å². The first-order chi connectivity index (χ1) is 11.5. The van der Waals surface area contributed by atoms with Crippen LogP contribution in [-0.2, 0) is 9.63 Å². The van der Waals surface area contributed by atoms with E-state index in [4.69, 9.17) is 21.2 Å². The Morgan fingerprint density at radius 1 is 1.33 bits per heavy atom. The van der Waals surface area contributed by atoms with Gasteiger partial charge in [-0.2, -0.15) is 0 Å². The van der Waals surface area contributed by atoms with E-state index in [1.165, 1.54) is 26.3 Å². The third-order valence-electron chi connectivity index (χ3n) is 3.10. The van der Waals surface area contributed by atoms with Crippen LogP contribution in [0.15, 0.2) is 47.6 Å². The van der Waals surface area contributed by atoms with Crippen molar-refractivity contribution in [1.29, 1.82) is 0 Å². The Labute approximate surface area is 144 Å². The molecule has 0 fully saturated rings. The molecule has 5 nitrogen and oxygen atoms in total. The number of benzene rings is 2. The molecule has 0 saturated heterocycles. The molecule has 0 radical (unpaired) electrons. The molecule has 2 rings (SSSR count). The number of hydrogen-bond acceptors (Lipinski definition) is 4. The topological polar surface area (TPSA) is 59.9 Å². The average Bonchev–Trinajstić information content (AvgIpc) is 2.56. The summed E-state index contributed by atoms with van der Waals surface area (Å²) in [5.41, 5.74) is 0.685. The number of rotatable bonds is 6. The molecule has 24 heavy (non-hydrogen) atoms. The maximum atomic E-state index is 13.4. The lowest BCUT2D eigenvalue weighted by molar-refractivity contribution is -0.126. The van der Waals surface area contributed by atoms with Gasteiger partial charge in [-0.05, 0) is 31.2 Å². The van der Waals surface area contributed by atoms with Crippen LogP contribution in [0.5, 0.6) is 5.75 Å². The zero-order valence-corrected chi connectivity index (χ0v) is 13.9. The van der Waals surface area contributed by atoms with Gasteiger partial charge >= 0.3 is 0 Å². The fourth-order valence-corrected chi connectivity index (χ4v) is 1.99. The molecular weight excluding hydrogens is 335 g/mol. The smallest absolute Gasteiger partial charge is 0.268 e. The van der Waals surface area contributed by atoms with Gasteiger partial charge in [0.25, 0.3) is 5.91 Å². The molecule has 0 heterocycles. The summed E-state index contributed by atoms with van der Waals surface area (Å²) in [6, 6.07) is 10.9. The summed E-state index contributed by atoms with van der Waals surface area (Å²) in [6.07, 6.45) is 0.315. The Hall–Kier alpha value is -2.60. The molecule has 0 unspecified atom stereocenters. The number of halogens is 2. The maximum Gasteiger partial charge on any atom is 0.268 e. The van der Waals surface area contributed by atoms with Crippen molar-refractivity contribution in [1.82, 2.24) is 0 Å². The molecule has 0 aliphatic rings. The second-order valence-corrected chi connectivity index (χ2v) is 5.27. The molecule has 1 amide bonds. The monoisotopic (exact) mass is 350 g/mol. The SMILES string of the molecule is COc1ccc(Cl)cc1NC(=O)[C@H](C)O/N=C\c1ccccc1F. The van der Waals surface area contributed by atoms with E-state index < -0.39 is 17.8 Å². The molecule has 7 heteroatoms. The minimum Gasteiger partial charge on any atom is -0.495 e. The third-order valence-corrected chi connectivity index (χ3v) is 3.34. The number of anilines is 1. The number of ether oxygens (including phenoxy) is 1. The lowest BCUT2D eigenvalue weighted by atomic mass is 10.2. The van der Waals surface area contributed by atoms with Crippen LogP contribution in [-0.4, -0.2) is 25.3 Å². The normalized spacial score (nSPS) is 12.0. The van der Waals surface area contributed by atoms with Crippen molar-refractivity contribution in [2.24, 2.45) is 5.16 Å². The number of methoxy groups -OCH3 is 1. The van der Waals surface area contributed by atoms with Crippen molar-refractivity contribution >= 4 is 29.4 Å². The van der Waals surface area contributed by atoms with E-state index in [1.54, 1.807) is 36.4 Å². The zero-order chi connectivity index (χ0) is 17.5. The first-order valence-electron chi connectivity index (χ1n) is 7.09. The molecule has 1 atom stereocenters. The van der Waals surface area contributed by atoms with Crippen LogP contribution in [0.4, 0.5) is 10.1 Å². The molecule has 2 aromatic rings. The van der Waals surface area contributed by atoms with Gasteiger partial charge in [0.15, 0.2) is 0 Å². The van der Waals surface area contributed by atoms with Crippen molar-refractivity contribution in [3.63, 3.8) is 0 Å². The van der Waals surface area contributed by atoms with Gasteiger partial charge in [0.2, 0.25) is 6.10 Å². The van der Waals surface area contributed by atoms with Crippen molar-refractivity contribution in [3.8, 4) is 5.75 Å². The summed E-state index contributed by atoms with van der Waals surface area (Å²) in [4.78, 5) is 17.2. The Kier molecular flexibility index (Phi) is 6.14. The molecule has 1 N–H and O–H groups in total. The highest BCUT2D eigenvalue weighted by atomic mass is 35.5. The van der Waals surface area contributed by atoms with Crippen LogP contribution in [0.25, 0.3) is 0 Å². The number of carbonyl (C=O) groups is 1. The molecule has 0 aliphatic carbocycles. The van der Waals surface area contributed by atoms with E-state index in [1.807, 2.05) is 0 Å². The number of nitrogens with one attached hydrogen (secondary N) is 1. The van der Waals surface area contributed by atoms with Gasteiger partial charge in [0, 0.05) is 10.6 Å². The lowest BCUT2D eigenvalue weighted by Gasteiger charge is -2.13. The van der Waals surface area contributed by atoms with E-state index in [-0.39, 0.29) is 5.56 Å². The fraction of sp³-hybridized carbons (Fsp3) is 0.176. The second-order valence-electron chi connectivity index (χ2n) is 4.84. The predicted molar refractivity (Wildman–Crippen MR) is 91.2 cm³/mol. The number of hydrogen-bond donors (Lipinski definition) is 1. The van der Waals surface area contributed by atoms with Gasteiger partial charge in [0.1, 0.15) is 11.6 Å². The van der Waals surface area contributed by atoms with Gasteiger partial charge in [-0.3, -0.25) is 4.79 Å². The van der Waals surface area contributed by atoms with Crippen molar-refractivity contribution in [2.45, 2.75) is 13.0 Å². The minimum atomic E-state index is -0.892. The number of amides is 1. The molecule has 0 aromatic heterocycles. The maximum absolute atomic E-state index is 13.4. The van der Waals surface area contributed by atoms with Crippen LogP contribution in [0.3, 0.4) is 0 Å². The standard InChI is InChI=1S/C17H16ClFN2O3/c1-11(24-20-10-12-5-3-4-6-14(12)19)17(22)21-15-9-13(18)7-8-16(15)23-2/h3-11H,1-2H3,(H,21,22)/b20-10-/t11-/m0/s1. The van der Waals surface area contributed by atoms with E-state index in [2.05, 4.69) is 10.5 Å². The van der Waals surface area contributed by atoms with Crippen LogP contribution < -0.4 is 10.1 Å². The third kappa shape index (κ3) is 4.70. The van der Waals surface area contributed by atoms with Crippen LogP contribution in [0, 0.1) is 5.82 Å². The molecule has 0 aliphatic heterocycles. The van der Waals surface area contributed by atoms with E-state index in [0.717, 1.165) is 0 Å². The first-order valence-corrected chi connectivity index (χ1v) is 7.47. The van der Waals surface area contributed by atoms with Crippen LogP contribution in [0.1, 0.15) is 12.5 Å². The number of nitrogens with zero attached hydrogens (tertiary/aromatic N) is 1. The molecule has 0 spiro atoms. The van der Waals surface area contributed by atoms with Crippen LogP contribution >= 0.6 is 11.6 Å². The number of oxime groups is 1. The first kappa shape index (κ1) is 17.7. The highest BCUT2D eigenvalue weighted by molar-refractivity contribution is 6.31. The Morgan fingerprint density at radius 2 is 2.08 bits per heavy atom. The largest absolute Gasteiger partial charge is 0.495 e. The van der Waals surface area contributed by atoms with Gasteiger partial charge in [-0.1, -0.05) is 35.0 Å². The summed E-state index contributed by atoms with van der Waals surface area (Å²) in [7, 11) is 1.48. The summed E-state index contributed by atoms with van der Waals surface area (Å²) in [5.74, 6) is -0.401. The fourth-order valence-electron chi connectivity index (χ4n) is 1.82. The molecular formula is C17H16ClFN2O3. The Morgan fingerprint density at radius 3 is 2.79 bits per heavy atom. The second kappa shape index (κ2) is 8.31. The highest BCUT2D eigenvalue weighted by Gasteiger charge is 2.16. The predicted octanol–water partition coefficient (Wildman–Crippen LogP) is 3.87. The molecule has 0 saturated carbocycles. The van der Waals surface area contributed by atoms with Crippen molar-refractivity contribution in [2.75, 3.05) is 12.4 Å². The van der Waals surface area contributed by atoms with E-state index in [0.29, 0.717) is 16.5 Å². The van der Waals surface area contributed by atoms with Gasteiger partial charge in [-0.15, -0.1) is 0 Å². The van der Waals surface area contributed by atoms with Crippen molar-refractivity contribution in [3.05, 3.63) is 58.9 Å². The van der Waals surface area contributed by atoms with Gasteiger partial charge in [-0.25, -0.2) is 4.39 Å². The quantitative estimate of drug-likeness (QED) is 0.635. The molecule has 126 valence electrons. The van der Waals surface area contributed by atoms with E-state index in [9.17, 15) is 9.18 Å². The Bertz CT molecular complexity index is 752. The summed E-state index contributed by atoms with van der Waals surface area (Å²) in [6.45, 7) is 1.52. The van der Waals surface area contributed by atoms with Gasteiger partial charge < -0.3 is 14.9 Å². The lowest BCUT2D eigenvalue weighted by Crippen LogP contribution is -2.26. The van der Waals surface area contributed by atoms with Crippen LogP contribution in [0.2, 0.25) is 5.02 Å². The van der Waals surface area contributed by atoms with Crippen molar-refractivity contribution < 1.29 is 18.8 Å². The Balaban J connectivity index is 1.98. The molecule has 2 aromatic carbocycles. The van der Waals surface area contributed by atoms with Gasteiger partial charge in [0.05, 0.1) is 19.0 Å². The minimum absolute atomic E-state index is 0.265. The highest BCUT2D eigenvalue weighted by Crippen LogP contribution is 2.27. The average molecular weight is 351 g/mol. The molecule has 0 bridgehead atoms. The summed E-state index contributed by atoms with van der Waals surface area (Å²) >= 11 is 5.91. The summed E-state index contributed by atoms with van der Waals surface area (Å²) < 4.78 is 18.6. The zero-order valence-electron chi connectivity index (χ0n) is 13.1.